The monoisotopic (exact) mass is 200 g/mol. The highest BCUT2D eigenvalue weighted by Crippen LogP contribution is 2.11. The van der Waals surface area contributed by atoms with Gasteiger partial charge in [0.15, 0.2) is 0 Å². The van der Waals surface area contributed by atoms with Gasteiger partial charge in [-0.25, -0.2) is 0 Å². The van der Waals surface area contributed by atoms with Gasteiger partial charge in [-0.2, -0.15) is 0 Å². The topological polar surface area (TPSA) is 24.5 Å². The van der Waals surface area contributed by atoms with E-state index in [1.807, 2.05) is 0 Å². The van der Waals surface area contributed by atoms with E-state index in [2.05, 4.69) is 24.1 Å². The minimum Gasteiger partial charge on any atom is -0.385 e. The van der Waals surface area contributed by atoms with Crippen LogP contribution in [0.25, 0.3) is 0 Å². The summed E-state index contributed by atoms with van der Waals surface area (Å²) in [5.74, 6) is 0. The Kier molecular flexibility index (Phi) is 5.45. The maximum atomic E-state index is 5.02. The summed E-state index contributed by atoms with van der Waals surface area (Å²) in [5, 5.41) is 3.58. The van der Waals surface area contributed by atoms with Gasteiger partial charge >= 0.3 is 0 Å². The van der Waals surface area contributed by atoms with Crippen molar-refractivity contribution in [2.24, 2.45) is 0 Å². The molecule has 0 aromatic heterocycles. The van der Waals surface area contributed by atoms with Crippen LogP contribution in [0.3, 0.4) is 0 Å². The Balaban J connectivity index is 2.04. The van der Waals surface area contributed by atoms with Gasteiger partial charge in [-0.15, -0.1) is 0 Å². The molecule has 0 spiro atoms. The van der Waals surface area contributed by atoms with Crippen LogP contribution in [-0.4, -0.2) is 50.3 Å². The zero-order valence-corrected chi connectivity index (χ0v) is 9.75. The Bertz CT molecular complexity index is 150. The maximum Gasteiger partial charge on any atom is 0.0474 e. The third-order valence-corrected chi connectivity index (χ3v) is 2.91. The first-order valence-electron chi connectivity index (χ1n) is 5.70. The molecule has 0 radical (unpaired) electrons. The second kappa shape index (κ2) is 6.38. The summed E-state index contributed by atoms with van der Waals surface area (Å²) >= 11 is 0. The molecular formula is C11H24N2O. The van der Waals surface area contributed by atoms with Crippen LogP contribution in [0.15, 0.2) is 0 Å². The van der Waals surface area contributed by atoms with Gasteiger partial charge in [-0.3, -0.25) is 4.90 Å². The van der Waals surface area contributed by atoms with Crippen molar-refractivity contribution >= 4 is 0 Å². The first kappa shape index (κ1) is 12.0. The van der Waals surface area contributed by atoms with Crippen LogP contribution in [0, 0.1) is 0 Å². The van der Waals surface area contributed by atoms with Crippen molar-refractivity contribution < 1.29 is 4.74 Å². The van der Waals surface area contributed by atoms with E-state index in [9.17, 15) is 0 Å². The second-order valence-electron chi connectivity index (χ2n) is 4.37. The van der Waals surface area contributed by atoms with Crippen molar-refractivity contribution in [1.82, 2.24) is 10.2 Å². The predicted molar refractivity (Wildman–Crippen MR) is 59.6 cm³/mol. The van der Waals surface area contributed by atoms with Gasteiger partial charge in [-0.05, 0) is 39.8 Å². The lowest BCUT2D eigenvalue weighted by atomic mass is 10.2. The van der Waals surface area contributed by atoms with E-state index in [0.717, 1.165) is 19.6 Å². The Hall–Kier alpha value is -0.120. The molecular weight excluding hydrogens is 176 g/mol. The molecule has 3 nitrogen and oxygen atoms in total. The number of rotatable bonds is 6. The summed E-state index contributed by atoms with van der Waals surface area (Å²) in [4.78, 5) is 2.54. The van der Waals surface area contributed by atoms with Crippen LogP contribution in [-0.2, 0) is 4.74 Å². The highest BCUT2D eigenvalue weighted by Gasteiger charge is 2.22. The molecule has 0 bridgehead atoms. The number of ether oxygens (including phenoxy) is 1. The minimum absolute atomic E-state index is 0.695. The summed E-state index contributed by atoms with van der Waals surface area (Å²) in [6.45, 7) is 8.96. The molecule has 0 aliphatic carbocycles. The molecule has 1 aliphatic rings. The predicted octanol–water partition coefficient (Wildman–Crippen LogP) is 1.10. The lowest BCUT2D eigenvalue weighted by Gasteiger charge is -2.20. The molecule has 1 rings (SSSR count). The third-order valence-electron chi connectivity index (χ3n) is 2.91. The second-order valence-corrected chi connectivity index (χ2v) is 4.37. The lowest BCUT2D eigenvalue weighted by molar-refractivity contribution is 0.192. The van der Waals surface area contributed by atoms with Crippen molar-refractivity contribution in [2.45, 2.75) is 38.8 Å². The van der Waals surface area contributed by atoms with Gasteiger partial charge in [-0.1, -0.05) is 0 Å². The number of methoxy groups -OCH3 is 1. The fourth-order valence-corrected chi connectivity index (χ4v) is 1.95. The Morgan fingerprint density at radius 1 is 1.50 bits per heavy atom. The minimum atomic E-state index is 0.695. The molecule has 1 heterocycles. The molecule has 14 heavy (non-hydrogen) atoms. The molecule has 84 valence electrons. The fraction of sp³-hybridized carbons (Fsp3) is 1.00. The van der Waals surface area contributed by atoms with Gasteiger partial charge in [0.2, 0.25) is 0 Å². The van der Waals surface area contributed by atoms with Crippen molar-refractivity contribution in [1.29, 1.82) is 0 Å². The van der Waals surface area contributed by atoms with Gasteiger partial charge < -0.3 is 10.1 Å². The summed E-state index contributed by atoms with van der Waals surface area (Å²) < 4.78 is 5.02. The molecule has 1 fully saturated rings. The van der Waals surface area contributed by atoms with Gasteiger partial charge in [0.1, 0.15) is 0 Å². The quantitative estimate of drug-likeness (QED) is 0.650. The van der Waals surface area contributed by atoms with Crippen molar-refractivity contribution in [2.75, 3.05) is 33.4 Å². The molecule has 1 atom stereocenters. The lowest BCUT2D eigenvalue weighted by Crippen LogP contribution is -2.35. The van der Waals surface area contributed by atoms with E-state index < -0.39 is 0 Å². The summed E-state index contributed by atoms with van der Waals surface area (Å²) in [7, 11) is 1.76. The smallest absolute Gasteiger partial charge is 0.0474 e. The highest BCUT2D eigenvalue weighted by molar-refractivity contribution is 4.82. The van der Waals surface area contributed by atoms with E-state index in [1.165, 1.54) is 19.5 Å². The van der Waals surface area contributed by atoms with Crippen LogP contribution in [0.5, 0.6) is 0 Å². The van der Waals surface area contributed by atoms with Crippen LogP contribution in [0.4, 0.5) is 0 Å². The average Bonchev–Trinajstić information content (AvgIpc) is 2.61. The molecule has 1 aliphatic heterocycles. The molecule has 0 saturated carbocycles. The van der Waals surface area contributed by atoms with Gasteiger partial charge in [0.25, 0.3) is 0 Å². The maximum absolute atomic E-state index is 5.02. The van der Waals surface area contributed by atoms with Gasteiger partial charge in [0.05, 0.1) is 0 Å². The number of hydrogen-bond donors (Lipinski definition) is 1. The molecule has 1 N–H and O–H groups in total. The molecule has 1 unspecified atom stereocenters. The van der Waals surface area contributed by atoms with Crippen LogP contribution < -0.4 is 5.32 Å². The summed E-state index contributed by atoms with van der Waals surface area (Å²) in [5.41, 5.74) is 0. The van der Waals surface area contributed by atoms with Gasteiger partial charge in [0, 0.05) is 32.3 Å². The Morgan fingerprint density at radius 3 is 2.86 bits per heavy atom. The van der Waals surface area contributed by atoms with E-state index in [1.54, 1.807) is 7.11 Å². The number of nitrogens with zero attached hydrogens (tertiary/aromatic N) is 1. The Morgan fingerprint density at radius 2 is 2.29 bits per heavy atom. The van der Waals surface area contributed by atoms with Crippen molar-refractivity contribution in [3.05, 3.63) is 0 Å². The number of hydrogen-bond acceptors (Lipinski definition) is 3. The van der Waals surface area contributed by atoms with E-state index >= 15 is 0 Å². The highest BCUT2D eigenvalue weighted by atomic mass is 16.5. The first-order chi connectivity index (χ1) is 6.74. The fourth-order valence-electron chi connectivity index (χ4n) is 1.95. The van der Waals surface area contributed by atoms with E-state index in [-0.39, 0.29) is 0 Å². The molecule has 0 aromatic rings. The number of nitrogens with one attached hydrogen (secondary N) is 1. The largest absolute Gasteiger partial charge is 0.385 e. The normalized spacial score (nSPS) is 23.6. The summed E-state index contributed by atoms with van der Waals surface area (Å²) in [6.07, 6.45) is 2.42. The SMILES string of the molecule is COCCCNC1CCN(C(C)C)C1. The van der Waals surface area contributed by atoms with Crippen LogP contribution in [0.2, 0.25) is 0 Å². The Labute approximate surface area is 87.8 Å². The summed E-state index contributed by atoms with van der Waals surface area (Å²) in [6, 6.07) is 1.40. The van der Waals surface area contributed by atoms with Crippen LogP contribution in [0.1, 0.15) is 26.7 Å². The van der Waals surface area contributed by atoms with E-state index in [0.29, 0.717) is 12.1 Å². The zero-order chi connectivity index (χ0) is 10.4. The molecule has 1 saturated heterocycles. The van der Waals surface area contributed by atoms with E-state index in [4.69, 9.17) is 4.74 Å². The first-order valence-corrected chi connectivity index (χ1v) is 5.70. The zero-order valence-electron chi connectivity index (χ0n) is 9.75. The molecule has 3 heteroatoms. The van der Waals surface area contributed by atoms with Crippen LogP contribution >= 0.6 is 0 Å². The molecule has 0 aromatic carbocycles. The average molecular weight is 200 g/mol. The number of likely N-dealkylation sites (tertiary alicyclic amines) is 1. The standard InChI is InChI=1S/C11H24N2O/c1-10(2)13-7-5-11(9-13)12-6-4-8-14-3/h10-12H,4-9H2,1-3H3. The molecule has 0 amide bonds. The van der Waals surface area contributed by atoms with Crippen molar-refractivity contribution in [3.8, 4) is 0 Å². The third kappa shape index (κ3) is 3.95. The van der Waals surface area contributed by atoms with Crippen molar-refractivity contribution in [3.63, 3.8) is 0 Å².